The normalized spacial score (nSPS) is 11.7. The molecule has 0 fully saturated rings. The molecular weight excluding hydrogens is 182 g/mol. The van der Waals surface area contributed by atoms with Gasteiger partial charge in [0.15, 0.2) is 0 Å². The molecule has 0 heterocycles. The molecule has 0 aliphatic carbocycles. The third-order valence-electron chi connectivity index (χ3n) is 1.53. The summed E-state index contributed by atoms with van der Waals surface area (Å²) < 4.78 is 10.9. The van der Waals surface area contributed by atoms with Crippen molar-refractivity contribution in [1.82, 2.24) is 0 Å². The Morgan fingerprint density at radius 1 is 1.23 bits per heavy atom. The number of rotatable bonds is 8. The summed E-state index contributed by atoms with van der Waals surface area (Å²) in [6.45, 7) is 6.20. The molecule has 0 aromatic rings. The van der Waals surface area contributed by atoms with E-state index in [4.69, 9.17) is 14.6 Å². The van der Waals surface area contributed by atoms with Crippen LogP contribution in [0.1, 0.15) is 26.7 Å². The highest BCUT2D eigenvalue weighted by molar-refractivity contribution is 6.50. The minimum absolute atomic E-state index is 0.734. The van der Waals surface area contributed by atoms with Crippen molar-refractivity contribution in [1.29, 1.82) is 0 Å². The van der Waals surface area contributed by atoms with Gasteiger partial charge in [0.1, 0.15) is 0 Å². The van der Waals surface area contributed by atoms with Gasteiger partial charge in [-0.1, -0.05) is 6.08 Å². The molecule has 0 atom stereocenters. The Morgan fingerprint density at radius 3 is 2.31 bits per heavy atom. The third kappa shape index (κ3) is 8.17. The molecule has 0 radical (unpaired) electrons. The molecule has 0 amide bonds. The van der Waals surface area contributed by atoms with E-state index in [1.54, 1.807) is 0 Å². The van der Waals surface area contributed by atoms with E-state index in [0.717, 1.165) is 32.6 Å². The van der Waals surface area contributed by atoms with Gasteiger partial charge in [-0.05, 0) is 38.9 Å². The van der Waals surface area contributed by atoms with Crippen molar-refractivity contribution in [2.75, 3.05) is 19.8 Å². The van der Waals surface area contributed by atoms with Crippen LogP contribution in [0.5, 0.6) is 0 Å². The fourth-order valence-electron chi connectivity index (χ4n) is 0.931. The summed E-state index contributed by atoms with van der Waals surface area (Å²) in [5, 5.41) is 0. The smallest absolute Gasteiger partial charge is 0.348 e. The van der Waals surface area contributed by atoms with Crippen molar-refractivity contribution in [3.8, 4) is 0 Å². The first-order valence-electron chi connectivity index (χ1n) is 4.95. The Balaban J connectivity index is 3.58. The van der Waals surface area contributed by atoms with Gasteiger partial charge < -0.3 is 14.6 Å². The lowest BCUT2D eigenvalue weighted by Gasteiger charge is -2.09. The van der Waals surface area contributed by atoms with Crippen molar-refractivity contribution in [3.63, 3.8) is 0 Å². The monoisotopic (exact) mass is 203 g/mol. The van der Waals surface area contributed by atoms with Crippen LogP contribution >= 0.6 is 0 Å². The van der Waals surface area contributed by atoms with Crippen molar-refractivity contribution >= 4 is 9.28 Å². The fourth-order valence-corrected chi connectivity index (χ4v) is 2.32. The highest BCUT2D eigenvalue weighted by atomic mass is 28.3. The molecule has 2 N–H and O–H groups in total. The van der Waals surface area contributed by atoms with Crippen molar-refractivity contribution in [2.24, 2.45) is 5.73 Å². The number of allylic oxidation sites excluding steroid dienone is 1. The van der Waals surface area contributed by atoms with E-state index < -0.39 is 9.28 Å². The molecule has 13 heavy (non-hydrogen) atoms. The van der Waals surface area contributed by atoms with Crippen molar-refractivity contribution in [3.05, 3.63) is 11.8 Å². The number of hydrogen-bond donors (Lipinski definition) is 1. The van der Waals surface area contributed by atoms with Crippen LogP contribution in [0.25, 0.3) is 0 Å². The first-order chi connectivity index (χ1) is 6.35. The van der Waals surface area contributed by atoms with E-state index in [9.17, 15) is 0 Å². The number of nitrogens with two attached hydrogens (primary N) is 1. The lowest BCUT2D eigenvalue weighted by molar-refractivity contribution is 0.224. The summed E-state index contributed by atoms with van der Waals surface area (Å²) in [4.78, 5) is 0. The van der Waals surface area contributed by atoms with Crippen molar-refractivity contribution in [2.45, 2.75) is 26.7 Å². The topological polar surface area (TPSA) is 44.5 Å². The summed E-state index contributed by atoms with van der Waals surface area (Å²) in [5.41, 5.74) is 7.46. The molecule has 0 aromatic heterocycles. The molecule has 0 unspecified atom stereocenters. The highest BCUT2D eigenvalue weighted by Crippen LogP contribution is 1.95. The first kappa shape index (κ1) is 12.8. The Morgan fingerprint density at radius 2 is 1.85 bits per heavy atom. The summed E-state index contributed by atoms with van der Waals surface area (Å²) in [6, 6.07) is 0. The van der Waals surface area contributed by atoms with Gasteiger partial charge in [0.05, 0.1) is 0 Å². The first-order valence-corrected chi connectivity index (χ1v) is 6.56. The summed E-state index contributed by atoms with van der Waals surface area (Å²) in [6.07, 6.45) is 4.19. The van der Waals surface area contributed by atoms with Crippen LogP contribution in [0.2, 0.25) is 0 Å². The van der Waals surface area contributed by atoms with Crippen LogP contribution in [-0.4, -0.2) is 29.0 Å². The van der Waals surface area contributed by atoms with Gasteiger partial charge in [-0.25, -0.2) is 0 Å². The Kier molecular flexibility index (Phi) is 9.80. The Hall–Kier alpha value is -0.163. The van der Waals surface area contributed by atoms with E-state index in [-0.39, 0.29) is 0 Å². The van der Waals surface area contributed by atoms with Crippen LogP contribution in [-0.2, 0) is 8.85 Å². The minimum Gasteiger partial charge on any atom is -0.394 e. The molecule has 0 aromatic carbocycles. The maximum atomic E-state index is 5.46. The van der Waals surface area contributed by atoms with Gasteiger partial charge in [0, 0.05) is 13.2 Å². The van der Waals surface area contributed by atoms with E-state index >= 15 is 0 Å². The molecule has 0 spiro atoms. The van der Waals surface area contributed by atoms with Crippen LogP contribution in [0, 0.1) is 0 Å². The summed E-state index contributed by atoms with van der Waals surface area (Å²) in [7, 11) is -1.50. The zero-order valence-corrected chi connectivity index (χ0v) is 9.82. The second-order valence-electron chi connectivity index (χ2n) is 2.64. The predicted molar refractivity (Wildman–Crippen MR) is 57.8 cm³/mol. The molecule has 0 saturated heterocycles. The van der Waals surface area contributed by atoms with Gasteiger partial charge >= 0.3 is 9.28 Å². The molecule has 3 nitrogen and oxygen atoms in total. The molecule has 0 bridgehead atoms. The minimum atomic E-state index is -1.50. The van der Waals surface area contributed by atoms with Gasteiger partial charge in [-0.15, -0.1) is 0 Å². The molecule has 0 saturated carbocycles. The van der Waals surface area contributed by atoms with Crippen LogP contribution in [0.4, 0.5) is 0 Å². The Labute approximate surface area is 82.8 Å². The lowest BCUT2D eigenvalue weighted by atomic mass is 10.3. The lowest BCUT2D eigenvalue weighted by Crippen LogP contribution is -2.20. The maximum absolute atomic E-state index is 5.46. The van der Waals surface area contributed by atoms with E-state index in [2.05, 4.69) is 11.8 Å². The molecule has 0 rings (SSSR count). The van der Waals surface area contributed by atoms with Gasteiger partial charge in [0.2, 0.25) is 0 Å². The number of unbranched alkanes of at least 4 members (excludes halogenated alkanes) is 1. The van der Waals surface area contributed by atoms with Crippen LogP contribution in [0.15, 0.2) is 11.8 Å². The maximum Gasteiger partial charge on any atom is 0.348 e. The Bertz CT molecular complexity index is 125. The van der Waals surface area contributed by atoms with Crippen molar-refractivity contribution < 1.29 is 8.85 Å². The summed E-state index contributed by atoms with van der Waals surface area (Å²) >= 11 is 0. The quantitative estimate of drug-likeness (QED) is 0.475. The molecule has 0 aliphatic rings. The predicted octanol–water partition coefficient (Wildman–Crippen LogP) is 1.11. The molecular formula is C9H21NO2Si. The van der Waals surface area contributed by atoms with E-state index in [1.165, 1.54) is 0 Å². The van der Waals surface area contributed by atoms with Gasteiger partial charge in [-0.2, -0.15) is 0 Å². The second kappa shape index (κ2) is 9.92. The molecule has 4 heteroatoms. The summed E-state index contributed by atoms with van der Waals surface area (Å²) in [5.74, 6) is 0. The fraction of sp³-hybridized carbons (Fsp3) is 0.778. The van der Waals surface area contributed by atoms with E-state index in [0.29, 0.717) is 0 Å². The standard InChI is InChI=1S/C9H21NO2Si/c1-3-11-13(12-4-2)9-7-5-6-8-10/h7,9,13H,3-6,8,10H2,1-2H3. The second-order valence-corrected chi connectivity index (χ2v) is 4.43. The number of hydrogen-bond acceptors (Lipinski definition) is 3. The molecule has 0 aliphatic heterocycles. The average Bonchev–Trinajstić information content (AvgIpc) is 2.13. The zero-order chi connectivity index (χ0) is 9.94. The van der Waals surface area contributed by atoms with Crippen LogP contribution in [0.3, 0.4) is 0 Å². The highest BCUT2D eigenvalue weighted by Gasteiger charge is 2.05. The average molecular weight is 203 g/mol. The van der Waals surface area contributed by atoms with Crippen LogP contribution < -0.4 is 5.73 Å². The SMILES string of the molecule is CCO[SiH](C=CCCCN)OCC. The van der Waals surface area contributed by atoms with Gasteiger partial charge in [0.25, 0.3) is 0 Å². The van der Waals surface area contributed by atoms with Gasteiger partial charge in [-0.3, -0.25) is 0 Å². The molecule has 78 valence electrons. The largest absolute Gasteiger partial charge is 0.394 e. The van der Waals surface area contributed by atoms with E-state index in [1.807, 2.05) is 13.8 Å². The third-order valence-corrected chi connectivity index (χ3v) is 3.44. The zero-order valence-electron chi connectivity index (χ0n) is 8.66.